The van der Waals surface area contributed by atoms with Crippen molar-refractivity contribution in [3.63, 3.8) is 0 Å². The van der Waals surface area contributed by atoms with E-state index in [0.717, 1.165) is 23.0 Å². The summed E-state index contributed by atoms with van der Waals surface area (Å²) in [5.41, 5.74) is 2.59. The first-order valence-electron chi connectivity index (χ1n) is 13.4. The van der Waals surface area contributed by atoms with Gasteiger partial charge in [0.05, 0.1) is 29.2 Å². The number of hydrogen-bond acceptors (Lipinski definition) is 5. The normalized spacial score (nSPS) is 14.9. The predicted octanol–water partition coefficient (Wildman–Crippen LogP) is 5.07. The Balaban J connectivity index is 1.64. The van der Waals surface area contributed by atoms with Gasteiger partial charge in [0, 0.05) is 39.9 Å². The first-order valence-corrected chi connectivity index (χ1v) is 14.2. The molecule has 1 aliphatic heterocycles. The van der Waals surface area contributed by atoms with Crippen molar-refractivity contribution < 1.29 is 22.8 Å². The Morgan fingerprint density at radius 2 is 1.70 bits per heavy atom. The number of nitrogens with one attached hydrogen (secondary N) is 1. The number of halogens is 4. The number of hydrogen-bond donors (Lipinski definition) is 1. The Morgan fingerprint density at radius 3 is 2.28 bits per heavy atom. The molecule has 5 rings (SSSR count). The number of fused-ring (bicyclic) bond motifs is 1. The van der Waals surface area contributed by atoms with E-state index in [2.05, 4.69) is 26.3 Å². The van der Waals surface area contributed by atoms with Crippen molar-refractivity contribution in [3.05, 3.63) is 102 Å². The van der Waals surface area contributed by atoms with E-state index in [1.807, 2.05) is 20.8 Å². The Labute approximate surface area is 253 Å². The zero-order valence-corrected chi connectivity index (χ0v) is 25.6. The Morgan fingerprint density at radius 1 is 1.05 bits per heavy atom. The highest BCUT2D eigenvalue weighted by Gasteiger charge is 2.36. The molecule has 0 bridgehead atoms. The number of alkyl halides is 3. The summed E-state index contributed by atoms with van der Waals surface area (Å²) in [6.45, 7) is 7.26. The summed E-state index contributed by atoms with van der Waals surface area (Å²) in [6.07, 6.45) is -4.50. The van der Waals surface area contributed by atoms with E-state index in [-0.39, 0.29) is 40.4 Å². The van der Waals surface area contributed by atoms with Crippen LogP contribution in [-0.4, -0.2) is 49.1 Å². The molecular formula is C30H28BrF3N6O3. The van der Waals surface area contributed by atoms with Crippen molar-refractivity contribution in [3.8, 4) is 11.6 Å². The first-order chi connectivity index (χ1) is 20.2. The monoisotopic (exact) mass is 656 g/mol. The minimum absolute atomic E-state index is 0.0796. The number of aryl methyl sites for hydroxylation is 1. The molecule has 2 aromatic carbocycles. The van der Waals surface area contributed by atoms with Crippen LogP contribution in [0.2, 0.25) is 0 Å². The summed E-state index contributed by atoms with van der Waals surface area (Å²) < 4.78 is 43.5. The molecule has 1 atom stereocenters. The number of benzene rings is 2. The number of carbonyl (C=O) groups is 2. The van der Waals surface area contributed by atoms with E-state index in [0.29, 0.717) is 22.5 Å². The van der Waals surface area contributed by atoms with Gasteiger partial charge in [-0.2, -0.15) is 18.3 Å². The van der Waals surface area contributed by atoms with E-state index in [9.17, 15) is 27.6 Å². The molecular weight excluding hydrogens is 629 g/mol. The van der Waals surface area contributed by atoms with Gasteiger partial charge in [-0.1, -0.05) is 15.9 Å². The second kappa shape index (κ2) is 11.1. The maximum Gasteiger partial charge on any atom is 0.417 e. The minimum Gasteiger partial charge on any atom is -0.355 e. The maximum absolute atomic E-state index is 14.1. The van der Waals surface area contributed by atoms with E-state index in [4.69, 9.17) is 4.98 Å². The molecule has 4 aromatic rings. The summed E-state index contributed by atoms with van der Waals surface area (Å²) in [7, 11) is 1.53. The van der Waals surface area contributed by atoms with Gasteiger partial charge in [0.25, 0.3) is 17.4 Å². The van der Waals surface area contributed by atoms with Gasteiger partial charge in [0.15, 0.2) is 0 Å². The molecule has 0 aliphatic carbocycles. The molecule has 0 spiro atoms. The van der Waals surface area contributed by atoms with Crippen LogP contribution in [0.1, 0.15) is 61.4 Å². The van der Waals surface area contributed by atoms with Gasteiger partial charge < -0.3 is 10.2 Å². The lowest BCUT2D eigenvalue weighted by Crippen LogP contribution is -2.46. The fourth-order valence-corrected chi connectivity index (χ4v) is 5.63. The highest BCUT2D eigenvalue weighted by Crippen LogP contribution is 2.36. The Bertz CT molecular complexity index is 1830. The van der Waals surface area contributed by atoms with Crippen LogP contribution in [0.5, 0.6) is 0 Å². The van der Waals surface area contributed by atoms with Gasteiger partial charge in [-0.3, -0.25) is 14.4 Å². The molecule has 0 saturated carbocycles. The van der Waals surface area contributed by atoms with Gasteiger partial charge in [0.1, 0.15) is 0 Å². The van der Waals surface area contributed by atoms with Crippen molar-refractivity contribution in [2.75, 3.05) is 7.05 Å². The topological polar surface area (TPSA) is 102 Å². The molecule has 2 aromatic heterocycles. The van der Waals surface area contributed by atoms with Crippen LogP contribution in [0.25, 0.3) is 11.6 Å². The fraction of sp³-hybridized carbons (Fsp3) is 0.300. The zero-order valence-electron chi connectivity index (χ0n) is 24.0. The molecule has 224 valence electrons. The first kappa shape index (κ1) is 30.2. The van der Waals surface area contributed by atoms with Crippen molar-refractivity contribution >= 4 is 27.7 Å². The van der Waals surface area contributed by atoms with Gasteiger partial charge in [-0.25, -0.2) is 14.2 Å². The van der Waals surface area contributed by atoms with Crippen LogP contribution in [0.15, 0.2) is 51.7 Å². The lowest BCUT2D eigenvalue weighted by atomic mass is 9.98. The molecule has 0 saturated heterocycles. The number of amides is 2. The quantitative estimate of drug-likeness (QED) is 0.331. The average molecular weight is 657 g/mol. The molecule has 1 aliphatic rings. The third-order valence-electron chi connectivity index (χ3n) is 7.83. The van der Waals surface area contributed by atoms with Crippen molar-refractivity contribution in [1.82, 2.24) is 29.5 Å². The summed E-state index contributed by atoms with van der Waals surface area (Å²) in [4.78, 5) is 46.1. The summed E-state index contributed by atoms with van der Waals surface area (Å²) >= 11 is 2.92. The van der Waals surface area contributed by atoms with Crippen LogP contribution >= 0.6 is 15.9 Å². The van der Waals surface area contributed by atoms with Crippen LogP contribution in [0.4, 0.5) is 13.2 Å². The van der Waals surface area contributed by atoms with E-state index < -0.39 is 23.7 Å². The van der Waals surface area contributed by atoms with Crippen LogP contribution in [-0.2, 0) is 19.1 Å². The highest BCUT2D eigenvalue weighted by atomic mass is 79.9. The molecule has 1 unspecified atom stereocenters. The van der Waals surface area contributed by atoms with Crippen molar-refractivity contribution in [2.45, 2.75) is 52.9 Å². The van der Waals surface area contributed by atoms with Crippen LogP contribution in [0.3, 0.4) is 0 Å². The molecule has 2 amide bonds. The smallest absolute Gasteiger partial charge is 0.355 e. The third-order valence-corrected chi connectivity index (χ3v) is 8.52. The predicted molar refractivity (Wildman–Crippen MR) is 157 cm³/mol. The minimum atomic E-state index is -4.65. The van der Waals surface area contributed by atoms with Crippen molar-refractivity contribution in [1.29, 1.82) is 0 Å². The largest absolute Gasteiger partial charge is 0.417 e. The van der Waals surface area contributed by atoms with E-state index in [1.165, 1.54) is 28.6 Å². The molecule has 3 heterocycles. The zero-order chi connectivity index (χ0) is 31.4. The Hall–Kier alpha value is -4.26. The molecule has 43 heavy (non-hydrogen) atoms. The van der Waals surface area contributed by atoms with Crippen molar-refractivity contribution in [2.24, 2.45) is 0 Å². The standard InChI is InChI=1S/C30H28BrF3N6O3/c1-15-12-22-25(14-38(15)27(42)20-8-11-24(31)23(13-20)30(32,33)34)36-29(40-18(4)16(2)17(3)37-40)39(28(22)43)21-9-6-19(7-10-21)26(41)35-5/h6-11,13,15H,12,14H2,1-5H3,(H,35,41). The fourth-order valence-electron chi connectivity index (χ4n) is 5.16. The van der Waals surface area contributed by atoms with E-state index >= 15 is 0 Å². The van der Waals surface area contributed by atoms with Crippen LogP contribution < -0.4 is 10.9 Å². The molecule has 0 fully saturated rings. The SMILES string of the molecule is CNC(=O)c1ccc(-n2c(-n3nc(C)c(C)c3C)nc3c(c2=O)CC(C)N(C(=O)c2ccc(Br)c(C(F)(F)F)c2)C3)cc1. The molecule has 9 nitrogen and oxygen atoms in total. The second-order valence-corrected chi connectivity index (χ2v) is 11.3. The summed E-state index contributed by atoms with van der Waals surface area (Å²) in [5.74, 6) is -0.686. The van der Waals surface area contributed by atoms with E-state index in [1.54, 1.807) is 35.9 Å². The third kappa shape index (κ3) is 5.37. The highest BCUT2D eigenvalue weighted by molar-refractivity contribution is 9.10. The lowest BCUT2D eigenvalue weighted by molar-refractivity contribution is -0.138. The maximum atomic E-state index is 14.1. The lowest BCUT2D eigenvalue weighted by Gasteiger charge is -2.34. The van der Waals surface area contributed by atoms with Gasteiger partial charge in [-0.05, 0) is 82.1 Å². The number of rotatable bonds is 4. The van der Waals surface area contributed by atoms with Gasteiger partial charge in [-0.15, -0.1) is 0 Å². The number of nitrogens with zero attached hydrogens (tertiary/aromatic N) is 5. The van der Waals surface area contributed by atoms with Gasteiger partial charge >= 0.3 is 6.18 Å². The van der Waals surface area contributed by atoms with Gasteiger partial charge in [0.2, 0.25) is 5.95 Å². The summed E-state index contributed by atoms with van der Waals surface area (Å²) in [6, 6.07) is 9.37. The summed E-state index contributed by atoms with van der Waals surface area (Å²) in [5, 5.41) is 7.18. The van der Waals surface area contributed by atoms with Crippen LogP contribution in [0, 0.1) is 20.8 Å². The molecule has 13 heteroatoms. The second-order valence-electron chi connectivity index (χ2n) is 10.5. The molecule has 1 N–H and O–H groups in total. The average Bonchev–Trinajstić information content (AvgIpc) is 3.23. The molecule has 0 radical (unpaired) electrons. The number of carbonyl (C=O) groups excluding carboxylic acids is 2. The Kier molecular flexibility index (Phi) is 7.80. The number of aromatic nitrogens is 4.